The molecule has 196 valence electrons. The van der Waals surface area contributed by atoms with E-state index in [2.05, 4.69) is 25.8 Å². The number of pyridine rings is 1. The standard InChI is InChI=1S/C24H25F3N6O4/c1-12(15-6-16(24(25,26)27)8-17(7-15)30-13(2)34)29-21-18-9-20(28-10-19(18)22(35)32-31-21)14-4-3-5-33(11-14)23(36)37/h6-10,12,14H,3-5,11H2,1-2H3,(H,29,31)(H,30,34)(H,32,35)(H,36,37)/t12?,14-/m0/s1. The number of hydrogen-bond donors (Lipinski definition) is 4. The topological polar surface area (TPSA) is 140 Å². The second-order valence-corrected chi connectivity index (χ2v) is 9.01. The lowest BCUT2D eigenvalue weighted by atomic mass is 9.93. The van der Waals surface area contributed by atoms with E-state index in [0.29, 0.717) is 30.5 Å². The van der Waals surface area contributed by atoms with Gasteiger partial charge in [0.2, 0.25) is 5.91 Å². The van der Waals surface area contributed by atoms with Crippen molar-refractivity contribution in [3.8, 4) is 0 Å². The molecule has 1 aliphatic heterocycles. The number of alkyl halides is 3. The van der Waals surface area contributed by atoms with Gasteiger partial charge in [0.1, 0.15) is 0 Å². The molecule has 37 heavy (non-hydrogen) atoms. The van der Waals surface area contributed by atoms with Gasteiger partial charge in [-0.05, 0) is 49.6 Å². The Morgan fingerprint density at radius 2 is 1.97 bits per heavy atom. The van der Waals surface area contributed by atoms with Crippen LogP contribution in [0, 0.1) is 0 Å². The van der Waals surface area contributed by atoms with Crippen LogP contribution < -0.4 is 16.2 Å². The monoisotopic (exact) mass is 518 g/mol. The second kappa shape index (κ2) is 10.1. The van der Waals surface area contributed by atoms with Crippen LogP contribution in [0.2, 0.25) is 0 Å². The number of amides is 2. The Hall–Kier alpha value is -4.16. The lowest BCUT2D eigenvalue weighted by Gasteiger charge is -2.30. The van der Waals surface area contributed by atoms with Crippen molar-refractivity contribution >= 4 is 34.3 Å². The summed E-state index contributed by atoms with van der Waals surface area (Å²) in [5.74, 6) is -0.471. The maximum absolute atomic E-state index is 13.5. The van der Waals surface area contributed by atoms with Gasteiger partial charge in [0.05, 0.1) is 17.0 Å². The molecular weight excluding hydrogens is 493 g/mol. The average Bonchev–Trinajstić information content (AvgIpc) is 2.84. The van der Waals surface area contributed by atoms with Gasteiger partial charge in [0.15, 0.2) is 5.82 Å². The van der Waals surface area contributed by atoms with E-state index in [1.54, 1.807) is 13.0 Å². The van der Waals surface area contributed by atoms with E-state index in [9.17, 15) is 32.7 Å². The summed E-state index contributed by atoms with van der Waals surface area (Å²) in [5, 5.41) is 21.8. The van der Waals surface area contributed by atoms with Crippen molar-refractivity contribution in [2.24, 2.45) is 0 Å². The van der Waals surface area contributed by atoms with Crippen molar-refractivity contribution in [2.75, 3.05) is 23.7 Å². The molecule has 1 saturated heterocycles. The minimum atomic E-state index is -4.63. The Bertz CT molecular complexity index is 1410. The van der Waals surface area contributed by atoms with Gasteiger partial charge in [0, 0.05) is 48.9 Å². The number of fused-ring (bicyclic) bond motifs is 1. The van der Waals surface area contributed by atoms with Gasteiger partial charge in [-0.15, -0.1) is 0 Å². The first-order valence-electron chi connectivity index (χ1n) is 11.5. The Morgan fingerprint density at radius 1 is 1.22 bits per heavy atom. The number of carbonyl (C=O) groups excluding carboxylic acids is 1. The Kier molecular flexibility index (Phi) is 7.05. The van der Waals surface area contributed by atoms with Crippen molar-refractivity contribution in [3.05, 3.63) is 57.6 Å². The fourth-order valence-corrected chi connectivity index (χ4v) is 4.43. The quantitative estimate of drug-likeness (QED) is 0.394. The fourth-order valence-electron chi connectivity index (χ4n) is 4.43. The summed E-state index contributed by atoms with van der Waals surface area (Å²) in [6.45, 7) is 3.52. The summed E-state index contributed by atoms with van der Waals surface area (Å²) in [4.78, 5) is 40.9. The van der Waals surface area contributed by atoms with Gasteiger partial charge in [-0.1, -0.05) is 0 Å². The number of H-pyrrole nitrogens is 1. The summed E-state index contributed by atoms with van der Waals surface area (Å²) < 4.78 is 40.5. The molecule has 1 unspecified atom stereocenters. The average molecular weight is 518 g/mol. The minimum absolute atomic E-state index is 0.00275. The maximum Gasteiger partial charge on any atom is 0.416 e. The van der Waals surface area contributed by atoms with Gasteiger partial charge in [-0.3, -0.25) is 14.6 Å². The molecule has 2 aromatic heterocycles. The highest BCUT2D eigenvalue weighted by Crippen LogP contribution is 2.35. The zero-order chi connectivity index (χ0) is 26.9. The zero-order valence-electron chi connectivity index (χ0n) is 20.0. The van der Waals surface area contributed by atoms with Crippen LogP contribution in [0.15, 0.2) is 35.3 Å². The first-order chi connectivity index (χ1) is 17.4. The number of aromatic nitrogens is 3. The highest BCUT2D eigenvalue weighted by molar-refractivity contribution is 5.91. The molecule has 4 rings (SSSR count). The molecule has 4 N–H and O–H groups in total. The Labute approximate surface area is 208 Å². The third-order valence-corrected chi connectivity index (χ3v) is 6.26. The van der Waals surface area contributed by atoms with E-state index in [1.807, 2.05) is 0 Å². The molecule has 0 saturated carbocycles. The van der Waals surface area contributed by atoms with Crippen LogP contribution in [0.25, 0.3) is 10.8 Å². The number of nitrogens with zero attached hydrogens (tertiary/aromatic N) is 3. The molecule has 2 amide bonds. The number of aromatic amines is 1. The number of anilines is 2. The van der Waals surface area contributed by atoms with Gasteiger partial charge < -0.3 is 20.6 Å². The lowest BCUT2D eigenvalue weighted by Crippen LogP contribution is -2.38. The lowest BCUT2D eigenvalue weighted by molar-refractivity contribution is -0.137. The molecule has 3 heterocycles. The maximum atomic E-state index is 13.5. The normalized spacial score (nSPS) is 16.9. The smallest absolute Gasteiger partial charge is 0.416 e. The predicted octanol–water partition coefficient (Wildman–Crippen LogP) is 4.33. The van der Waals surface area contributed by atoms with Gasteiger partial charge in [-0.25, -0.2) is 9.89 Å². The number of piperidine rings is 1. The number of rotatable bonds is 5. The summed E-state index contributed by atoms with van der Waals surface area (Å²) in [5.41, 5.74) is -0.590. The van der Waals surface area contributed by atoms with E-state index < -0.39 is 35.3 Å². The van der Waals surface area contributed by atoms with Crippen molar-refractivity contribution in [3.63, 3.8) is 0 Å². The third-order valence-electron chi connectivity index (χ3n) is 6.26. The van der Waals surface area contributed by atoms with Crippen LogP contribution in [0.4, 0.5) is 29.5 Å². The van der Waals surface area contributed by atoms with Crippen LogP contribution in [0.1, 0.15) is 55.5 Å². The number of carbonyl (C=O) groups is 2. The molecule has 0 bridgehead atoms. The number of likely N-dealkylation sites (tertiary alicyclic amines) is 1. The molecule has 1 aromatic carbocycles. The number of nitrogens with one attached hydrogen (secondary N) is 3. The van der Waals surface area contributed by atoms with E-state index in [1.165, 1.54) is 24.1 Å². The van der Waals surface area contributed by atoms with Gasteiger partial charge in [-0.2, -0.15) is 18.3 Å². The third kappa shape index (κ3) is 5.81. The Balaban J connectivity index is 1.70. The number of halogens is 3. The first kappa shape index (κ1) is 25.9. The van der Waals surface area contributed by atoms with Crippen LogP contribution in [0.3, 0.4) is 0 Å². The minimum Gasteiger partial charge on any atom is -0.465 e. The molecule has 1 fully saturated rings. The van der Waals surface area contributed by atoms with Crippen LogP contribution in [0.5, 0.6) is 0 Å². The molecule has 0 aliphatic carbocycles. The molecule has 2 atom stereocenters. The summed E-state index contributed by atoms with van der Waals surface area (Å²) in [7, 11) is 0. The van der Waals surface area contributed by atoms with Crippen molar-refractivity contribution in [1.29, 1.82) is 0 Å². The van der Waals surface area contributed by atoms with Gasteiger partial charge in [0.25, 0.3) is 5.56 Å². The Morgan fingerprint density at radius 3 is 2.65 bits per heavy atom. The molecule has 13 heteroatoms. The highest BCUT2D eigenvalue weighted by atomic mass is 19.4. The molecule has 1 aliphatic rings. The highest BCUT2D eigenvalue weighted by Gasteiger charge is 2.32. The molecular formula is C24H25F3N6O4. The summed E-state index contributed by atoms with van der Waals surface area (Å²) in [6, 6.07) is 4.22. The van der Waals surface area contributed by atoms with E-state index in [4.69, 9.17) is 0 Å². The second-order valence-electron chi connectivity index (χ2n) is 9.01. The van der Waals surface area contributed by atoms with Crippen molar-refractivity contribution in [1.82, 2.24) is 20.1 Å². The number of carboxylic acid groups (broad SMARTS) is 1. The van der Waals surface area contributed by atoms with Gasteiger partial charge >= 0.3 is 12.3 Å². The largest absolute Gasteiger partial charge is 0.465 e. The van der Waals surface area contributed by atoms with E-state index in [0.717, 1.165) is 12.1 Å². The molecule has 0 spiro atoms. The van der Waals surface area contributed by atoms with E-state index in [-0.39, 0.29) is 34.9 Å². The van der Waals surface area contributed by atoms with Crippen molar-refractivity contribution < 1.29 is 27.9 Å². The molecule has 3 aromatic rings. The SMILES string of the molecule is CC(=O)Nc1cc(C(C)Nc2n[nH]c(=O)c3cnc([C@H]4CCCN(C(=O)O)C4)cc23)cc(C(F)(F)F)c1. The summed E-state index contributed by atoms with van der Waals surface area (Å²) in [6.07, 6.45) is -2.87. The van der Waals surface area contributed by atoms with E-state index >= 15 is 0 Å². The van der Waals surface area contributed by atoms with Crippen LogP contribution in [-0.2, 0) is 11.0 Å². The molecule has 0 radical (unpaired) electrons. The van der Waals surface area contributed by atoms with Crippen LogP contribution in [-0.4, -0.2) is 50.3 Å². The van der Waals surface area contributed by atoms with Crippen LogP contribution >= 0.6 is 0 Å². The zero-order valence-corrected chi connectivity index (χ0v) is 20.0. The predicted molar refractivity (Wildman–Crippen MR) is 130 cm³/mol. The number of hydrogen-bond acceptors (Lipinski definition) is 6. The molecule has 10 nitrogen and oxygen atoms in total. The number of benzene rings is 1. The fraction of sp³-hybridized carbons (Fsp3) is 0.375. The summed E-state index contributed by atoms with van der Waals surface area (Å²) >= 11 is 0. The van der Waals surface area contributed by atoms with Crippen molar-refractivity contribution in [2.45, 2.75) is 44.8 Å². The first-order valence-corrected chi connectivity index (χ1v) is 11.5.